The van der Waals surface area contributed by atoms with Gasteiger partial charge >= 0.3 is 0 Å². The summed E-state index contributed by atoms with van der Waals surface area (Å²) in [6.07, 6.45) is 0.916. The molecule has 21 heavy (non-hydrogen) atoms. The number of methoxy groups -OCH3 is 1. The Morgan fingerprint density at radius 2 is 1.95 bits per heavy atom. The molecule has 124 valence electrons. The van der Waals surface area contributed by atoms with Crippen molar-refractivity contribution in [2.24, 2.45) is 10.4 Å². The second kappa shape index (κ2) is 7.62. The van der Waals surface area contributed by atoms with Crippen LogP contribution >= 0.6 is 24.0 Å². The smallest absolute Gasteiger partial charge is 0.241 e. The second-order valence-corrected chi connectivity index (χ2v) is 6.27. The number of carbonyl (C=O) groups is 1. The van der Waals surface area contributed by atoms with Gasteiger partial charge in [-0.15, -0.1) is 24.0 Å². The van der Waals surface area contributed by atoms with Crippen LogP contribution in [0, 0.1) is 5.41 Å². The van der Waals surface area contributed by atoms with Gasteiger partial charge in [0.05, 0.1) is 12.1 Å². The van der Waals surface area contributed by atoms with E-state index in [9.17, 15) is 4.79 Å². The first-order valence-corrected chi connectivity index (χ1v) is 6.90. The summed E-state index contributed by atoms with van der Waals surface area (Å²) in [4.78, 5) is 17.3. The number of aliphatic imine (C=N–C) groups is 1. The van der Waals surface area contributed by atoms with Gasteiger partial charge in [0.2, 0.25) is 5.91 Å². The highest BCUT2D eigenvalue weighted by molar-refractivity contribution is 14.0. The van der Waals surface area contributed by atoms with Gasteiger partial charge in [-0.3, -0.25) is 9.79 Å². The maximum absolute atomic E-state index is 11.6. The van der Waals surface area contributed by atoms with E-state index in [1.807, 2.05) is 0 Å². The van der Waals surface area contributed by atoms with Gasteiger partial charge in [0.25, 0.3) is 0 Å². The lowest BCUT2D eigenvalue weighted by atomic mass is 9.56. The fourth-order valence-corrected chi connectivity index (χ4v) is 2.40. The first kappa shape index (κ1) is 20.4. The SMILES string of the molecule is CN=C(NCC(=O)N(C)C)NC1CC(C)(OC)C1(C)C.I. The van der Waals surface area contributed by atoms with Crippen molar-refractivity contribution < 1.29 is 9.53 Å². The number of halogens is 1. The molecule has 0 saturated heterocycles. The third kappa shape index (κ3) is 4.21. The third-order valence-electron chi connectivity index (χ3n) is 4.72. The van der Waals surface area contributed by atoms with Crippen molar-refractivity contribution in [1.82, 2.24) is 15.5 Å². The Labute approximate surface area is 145 Å². The Balaban J connectivity index is 0.00000400. The molecule has 0 aromatic carbocycles. The molecule has 2 unspecified atom stereocenters. The maximum Gasteiger partial charge on any atom is 0.241 e. The normalized spacial score (nSPS) is 27.2. The summed E-state index contributed by atoms with van der Waals surface area (Å²) in [7, 11) is 6.93. The van der Waals surface area contributed by atoms with Crippen molar-refractivity contribution in [3.63, 3.8) is 0 Å². The minimum atomic E-state index is -0.122. The molecule has 2 atom stereocenters. The van der Waals surface area contributed by atoms with E-state index in [4.69, 9.17) is 4.74 Å². The van der Waals surface area contributed by atoms with E-state index in [2.05, 4.69) is 36.4 Å². The van der Waals surface area contributed by atoms with E-state index < -0.39 is 0 Å². The number of likely N-dealkylation sites (N-methyl/N-ethyl adjacent to an activating group) is 1. The van der Waals surface area contributed by atoms with Crippen LogP contribution in [0.5, 0.6) is 0 Å². The summed E-state index contributed by atoms with van der Waals surface area (Å²) in [5.41, 5.74) is -0.117. The van der Waals surface area contributed by atoms with Gasteiger partial charge in [-0.2, -0.15) is 0 Å². The summed E-state index contributed by atoms with van der Waals surface area (Å²) < 4.78 is 5.60. The molecule has 1 aliphatic carbocycles. The predicted octanol–water partition coefficient (Wildman–Crippen LogP) is 1.06. The Bertz CT molecular complexity index is 398. The number of hydrogen-bond donors (Lipinski definition) is 2. The summed E-state index contributed by atoms with van der Waals surface area (Å²) >= 11 is 0. The van der Waals surface area contributed by atoms with E-state index in [0.29, 0.717) is 5.96 Å². The fourth-order valence-electron chi connectivity index (χ4n) is 2.40. The van der Waals surface area contributed by atoms with E-state index in [-0.39, 0.29) is 53.5 Å². The lowest BCUT2D eigenvalue weighted by Crippen LogP contribution is -2.69. The van der Waals surface area contributed by atoms with Crippen molar-refractivity contribution in [2.75, 3.05) is 34.8 Å². The molecule has 7 heteroatoms. The van der Waals surface area contributed by atoms with Crippen LogP contribution in [0.2, 0.25) is 0 Å². The zero-order chi connectivity index (χ0) is 15.6. The molecule has 0 heterocycles. The van der Waals surface area contributed by atoms with Gasteiger partial charge in [0.15, 0.2) is 5.96 Å². The monoisotopic (exact) mass is 412 g/mol. The summed E-state index contributed by atoms with van der Waals surface area (Å²) in [5, 5.41) is 6.40. The van der Waals surface area contributed by atoms with Crippen molar-refractivity contribution in [2.45, 2.75) is 38.8 Å². The quantitative estimate of drug-likeness (QED) is 0.412. The number of carbonyl (C=O) groups excluding carboxylic acids is 1. The fraction of sp³-hybridized carbons (Fsp3) is 0.857. The predicted molar refractivity (Wildman–Crippen MR) is 96.2 cm³/mol. The van der Waals surface area contributed by atoms with Gasteiger partial charge in [0, 0.05) is 39.7 Å². The summed E-state index contributed by atoms with van der Waals surface area (Å²) in [5.74, 6) is 0.666. The molecule has 6 nitrogen and oxygen atoms in total. The maximum atomic E-state index is 11.6. The highest BCUT2D eigenvalue weighted by atomic mass is 127. The van der Waals surface area contributed by atoms with Gasteiger partial charge in [-0.05, 0) is 13.3 Å². The first-order valence-electron chi connectivity index (χ1n) is 6.90. The molecule has 0 bridgehead atoms. The van der Waals surface area contributed by atoms with Crippen molar-refractivity contribution >= 4 is 35.8 Å². The number of nitrogens with zero attached hydrogens (tertiary/aromatic N) is 2. The highest BCUT2D eigenvalue weighted by Crippen LogP contribution is 2.51. The Morgan fingerprint density at radius 3 is 2.33 bits per heavy atom. The number of amides is 1. The number of guanidine groups is 1. The summed E-state index contributed by atoms with van der Waals surface area (Å²) in [6.45, 7) is 6.71. The van der Waals surface area contributed by atoms with E-state index in [0.717, 1.165) is 6.42 Å². The van der Waals surface area contributed by atoms with Crippen LogP contribution < -0.4 is 10.6 Å². The van der Waals surface area contributed by atoms with Gasteiger partial charge in [-0.1, -0.05) is 13.8 Å². The van der Waals surface area contributed by atoms with E-state index in [1.165, 1.54) is 0 Å². The topological polar surface area (TPSA) is 66.0 Å². The van der Waals surface area contributed by atoms with Crippen LogP contribution in [0.1, 0.15) is 27.2 Å². The zero-order valence-electron chi connectivity index (χ0n) is 14.1. The second-order valence-electron chi connectivity index (χ2n) is 6.27. The van der Waals surface area contributed by atoms with Crippen LogP contribution in [0.4, 0.5) is 0 Å². The Hall–Kier alpha value is -0.570. The Kier molecular flexibility index (Phi) is 7.41. The molecular formula is C14H29IN4O2. The van der Waals surface area contributed by atoms with Crippen LogP contribution in [0.25, 0.3) is 0 Å². The molecule has 0 radical (unpaired) electrons. The first-order chi connectivity index (χ1) is 9.17. The molecular weight excluding hydrogens is 383 g/mol. The van der Waals surface area contributed by atoms with Gasteiger partial charge in [-0.25, -0.2) is 0 Å². The summed E-state index contributed by atoms with van der Waals surface area (Å²) in [6, 6.07) is 0.271. The average Bonchev–Trinajstić information content (AvgIpc) is 2.40. The molecule has 0 aromatic rings. The van der Waals surface area contributed by atoms with Crippen molar-refractivity contribution in [3.05, 3.63) is 0 Å². The number of hydrogen-bond acceptors (Lipinski definition) is 3. The lowest BCUT2D eigenvalue weighted by Gasteiger charge is -2.59. The van der Waals surface area contributed by atoms with E-state index >= 15 is 0 Å². The van der Waals surface area contributed by atoms with Crippen LogP contribution in [-0.4, -0.2) is 63.2 Å². The molecule has 0 aliphatic heterocycles. The molecule has 1 saturated carbocycles. The number of nitrogens with one attached hydrogen (secondary N) is 2. The van der Waals surface area contributed by atoms with Crippen LogP contribution in [0.15, 0.2) is 4.99 Å². The van der Waals surface area contributed by atoms with Crippen LogP contribution in [-0.2, 0) is 9.53 Å². The molecule has 0 aromatic heterocycles. The van der Waals surface area contributed by atoms with Gasteiger partial charge < -0.3 is 20.3 Å². The lowest BCUT2D eigenvalue weighted by molar-refractivity contribution is -0.176. The molecule has 0 spiro atoms. The molecule has 1 rings (SSSR count). The van der Waals surface area contributed by atoms with Gasteiger partial charge in [0.1, 0.15) is 0 Å². The molecule has 1 amide bonds. The molecule has 1 aliphatic rings. The molecule has 1 fully saturated rings. The zero-order valence-corrected chi connectivity index (χ0v) is 16.4. The van der Waals surface area contributed by atoms with Crippen LogP contribution in [0.3, 0.4) is 0 Å². The number of ether oxygens (including phenoxy) is 1. The minimum Gasteiger partial charge on any atom is -0.378 e. The number of rotatable bonds is 4. The Morgan fingerprint density at radius 1 is 1.38 bits per heavy atom. The largest absolute Gasteiger partial charge is 0.378 e. The third-order valence-corrected chi connectivity index (χ3v) is 4.72. The standard InChI is InChI=1S/C14H28N4O2.HI/c1-13(2)10(8-14(13,3)20-7)17-12(15-4)16-9-11(19)18(5)6;/h10H,8-9H2,1-7H3,(H2,15,16,17);1H. The average molecular weight is 412 g/mol. The van der Waals surface area contributed by atoms with Crippen molar-refractivity contribution in [3.8, 4) is 0 Å². The van der Waals surface area contributed by atoms with E-state index in [1.54, 1.807) is 33.2 Å². The minimum absolute atomic E-state index is 0. The molecule has 2 N–H and O–H groups in total. The highest BCUT2D eigenvalue weighted by Gasteiger charge is 2.58. The van der Waals surface area contributed by atoms with Crippen molar-refractivity contribution in [1.29, 1.82) is 0 Å².